The molecule has 0 saturated carbocycles. The molecule has 4 heteroatoms. The van der Waals surface area contributed by atoms with Crippen LogP contribution in [0.25, 0.3) is 0 Å². The molecular weight excluding hydrogens is 484 g/mol. The third-order valence-electron chi connectivity index (χ3n) is 8.72. The van der Waals surface area contributed by atoms with Crippen molar-refractivity contribution in [2.24, 2.45) is 17.8 Å². The van der Waals surface area contributed by atoms with Gasteiger partial charge in [0.15, 0.2) is 0 Å². The average molecular weight is 543 g/mol. The highest BCUT2D eigenvalue weighted by molar-refractivity contribution is 5.68. The summed E-state index contributed by atoms with van der Waals surface area (Å²) in [5.74, 6) is 4.07. The Morgan fingerprint density at radius 3 is 2.08 bits per heavy atom. The van der Waals surface area contributed by atoms with Gasteiger partial charge in [-0.2, -0.15) is 0 Å². The van der Waals surface area contributed by atoms with Crippen LogP contribution in [0.4, 0.5) is 4.79 Å². The van der Waals surface area contributed by atoms with Crippen LogP contribution in [-0.4, -0.2) is 18.4 Å². The summed E-state index contributed by atoms with van der Waals surface area (Å²) < 4.78 is 17.6. The van der Waals surface area contributed by atoms with E-state index in [9.17, 15) is 4.79 Å². The number of rotatable bonds is 15. The minimum atomic E-state index is -0.658. The SMILES string of the molecule is CC(C)=CCOC(=O)Oc1c(C)c(C)c2c(c1C)CCC(C)(CCCC(C)CCCC(C)CCCC(C)C)O2. The molecule has 222 valence electrons. The van der Waals surface area contributed by atoms with Gasteiger partial charge in [-0.25, -0.2) is 4.79 Å². The molecule has 3 atom stereocenters. The molecule has 0 aliphatic carbocycles. The number of allylic oxidation sites excluding steroid dienone is 1. The van der Waals surface area contributed by atoms with Crippen LogP contribution in [0.2, 0.25) is 0 Å². The second-order valence-corrected chi connectivity index (χ2v) is 13.4. The van der Waals surface area contributed by atoms with Crippen molar-refractivity contribution in [2.45, 2.75) is 145 Å². The minimum absolute atomic E-state index is 0.146. The summed E-state index contributed by atoms with van der Waals surface area (Å²) in [6.07, 6.45) is 14.9. The van der Waals surface area contributed by atoms with Crippen LogP contribution in [0.15, 0.2) is 11.6 Å². The molecule has 0 spiro atoms. The summed E-state index contributed by atoms with van der Waals surface area (Å²) >= 11 is 0. The third kappa shape index (κ3) is 10.8. The molecule has 4 nitrogen and oxygen atoms in total. The van der Waals surface area contributed by atoms with Crippen LogP contribution < -0.4 is 9.47 Å². The molecule has 0 bridgehead atoms. The van der Waals surface area contributed by atoms with Gasteiger partial charge >= 0.3 is 6.16 Å². The van der Waals surface area contributed by atoms with E-state index < -0.39 is 6.16 Å². The van der Waals surface area contributed by atoms with E-state index in [2.05, 4.69) is 41.5 Å². The van der Waals surface area contributed by atoms with E-state index in [1.807, 2.05) is 33.8 Å². The van der Waals surface area contributed by atoms with Gasteiger partial charge in [0, 0.05) is 5.56 Å². The lowest BCUT2D eigenvalue weighted by Crippen LogP contribution is -2.37. The van der Waals surface area contributed by atoms with Crippen molar-refractivity contribution in [3.05, 3.63) is 33.9 Å². The lowest BCUT2D eigenvalue weighted by molar-refractivity contribution is 0.0510. The molecule has 39 heavy (non-hydrogen) atoms. The Bertz CT molecular complexity index is 956. The van der Waals surface area contributed by atoms with Gasteiger partial charge in [-0.15, -0.1) is 0 Å². The smallest absolute Gasteiger partial charge is 0.487 e. The first kappa shape index (κ1) is 33.2. The monoisotopic (exact) mass is 542 g/mol. The molecule has 0 amide bonds. The van der Waals surface area contributed by atoms with Gasteiger partial charge in [0.1, 0.15) is 23.7 Å². The first-order valence-corrected chi connectivity index (χ1v) is 15.6. The molecule has 0 saturated heterocycles. The molecule has 0 fully saturated rings. The fourth-order valence-electron chi connectivity index (χ4n) is 5.80. The lowest BCUT2D eigenvalue weighted by atomic mass is 9.83. The van der Waals surface area contributed by atoms with E-state index in [1.54, 1.807) is 0 Å². The lowest BCUT2D eigenvalue weighted by Gasteiger charge is -2.38. The third-order valence-corrected chi connectivity index (χ3v) is 8.72. The van der Waals surface area contributed by atoms with E-state index in [1.165, 1.54) is 56.9 Å². The van der Waals surface area contributed by atoms with E-state index in [-0.39, 0.29) is 12.2 Å². The van der Waals surface area contributed by atoms with Gasteiger partial charge in [-0.05, 0) is 108 Å². The zero-order chi connectivity index (χ0) is 29.2. The highest BCUT2D eigenvalue weighted by atomic mass is 16.7. The number of ether oxygens (including phenoxy) is 3. The maximum absolute atomic E-state index is 12.3. The van der Waals surface area contributed by atoms with Gasteiger partial charge in [-0.3, -0.25) is 0 Å². The summed E-state index contributed by atoms with van der Waals surface area (Å²) in [4.78, 5) is 12.3. The maximum atomic E-state index is 12.3. The Morgan fingerprint density at radius 2 is 1.49 bits per heavy atom. The second kappa shape index (κ2) is 15.7. The number of benzene rings is 1. The number of carbonyl (C=O) groups is 1. The fraction of sp³-hybridized carbons (Fsp3) is 0.743. The van der Waals surface area contributed by atoms with Crippen LogP contribution in [0.1, 0.15) is 135 Å². The topological polar surface area (TPSA) is 44.8 Å². The van der Waals surface area contributed by atoms with E-state index in [4.69, 9.17) is 14.2 Å². The predicted octanol–water partition coefficient (Wildman–Crippen LogP) is 10.6. The summed E-state index contributed by atoms with van der Waals surface area (Å²) in [7, 11) is 0. The van der Waals surface area contributed by atoms with Crippen molar-refractivity contribution in [3.8, 4) is 11.5 Å². The van der Waals surface area contributed by atoms with Crippen molar-refractivity contribution in [3.63, 3.8) is 0 Å². The molecule has 0 N–H and O–H groups in total. The normalized spacial score (nSPS) is 18.2. The quantitative estimate of drug-likeness (QED) is 0.126. The molecule has 0 radical (unpaired) electrons. The van der Waals surface area contributed by atoms with Crippen molar-refractivity contribution in [1.82, 2.24) is 0 Å². The number of fused-ring (bicyclic) bond motifs is 1. The number of hydrogen-bond donors (Lipinski definition) is 0. The number of carbonyl (C=O) groups excluding carboxylic acids is 1. The predicted molar refractivity (Wildman–Crippen MR) is 164 cm³/mol. The highest BCUT2D eigenvalue weighted by Crippen LogP contribution is 2.45. The molecule has 1 heterocycles. The first-order valence-electron chi connectivity index (χ1n) is 15.6. The average Bonchev–Trinajstić information content (AvgIpc) is 2.84. The Balaban J connectivity index is 1.87. The van der Waals surface area contributed by atoms with Crippen molar-refractivity contribution in [2.75, 3.05) is 6.61 Å². The Morgan fingerprint density at radius 1 is 0.897 bits per heavy atom. The van der Waals surface area contributed by atoms with E-state index in [0.29, 0.717) is 5.75 Å². The van der Waals surface area contributed by atoms with Crippen molar-refractivity contribution < 1.29 is 19.0 Å². The van der Waals surface area contributed by atoms with Gasteiger partial charge in [0.05, 0.1) is 0 Å². The van der Waals surface area contributed by atoms with Gasteiger partial charge < -0.3 is 14.2 Å². The molecule has 2 rings (SSSR count). The molecule has 3 unspecified atom stereocenters. The number of hydrogen-bond acceptors (Lipinski definition) is 4. The molecule has 1 aliphatic heterocycles. The summed E-state index contributed by atoms with van der Waals surface area (Å²) in [5.41, 5.74) is 5.12. The highest BCUT2D eigenvalue weighted by Gasteiger charge is 2.35. The van der Waals surface area contributed by atoms with Crippen molar-refractivity contribution >= 4 is 6.16 Å². The van der Waals surface area contributed by atoms with Gasteiger partial charge in [0.2, 0.25) is 0 Å². The van der Waals surface area contributed by atoms with E-state index in [0.717, 1.165) is 65.0 Å². The zero-order valence-electron chi connectivity index (χ0n) is 26.9. The first-order chi connectivity index (χ1) is 18.3. The second-order valence-electron chi connectivity index (χ2n) is 13.4. The van der Waals surface area contributed by atoms with Gasteiger partial charge in [0.25, 0.3) is 0 Å². The van der Waals surface area contributed by atoms with Crippen LogP contribution in [0, 0.1) is 38.5 Å². The largest absolute Gasteiger partial charge is 0.514 e. The summed E-state index contributed by atoms with van der Waals surface area (Å²) in [5, 5.41) is 0. The summed E-state index contributed by atoms with van der Waals surface area (Å²) in [6, 6.07) is 0. The van der Waals surface area contributed by atoms with Crippen LogP contribution >= 0.6 is 0 Å². The standard InChI is InChI=1S/C35H58O4/c1-24(2)14-11-15-26(5)16-12-17-27(6)18-13-21-35(10)22-19-31-30(9)32(28(7)29(8)33(31)39-35)38-34(36)37-23-20-25(3)4/h20,24,26-27H,11-19,21-23H2,1-10H3. The molecule has 1 aliphatic rings. The molecule has 0 aromatic heterocycles. The van der Waals surface area contributed by atoms with Crippen LogP contribution in [-0.2, 0) is 11.2 Å². The van der Waals surface area contributed by atoms with Crippen LogP contribution in [0.5, 0.6) is 11.5 Å². The maximum Gasteiger partial charge on any atom is 0.514 e. The summed E-state index contributed by atoms with van der Waals surface area (Å²) in [6.45, 7) is 22.1. The fourth-order valence-corrected chi connectivity index (χ4v) is 5.80. The Labute approximate surface area is 240 Å². The van der Waals surface area contributed by atoms with Gasteiger partial charge in [-0.1, -0.05) is 78.2 Å². The molecular formula is C35H58O4. The minimum Gasteiger partial charge on any atom is -0.487 e. The van der Waals surface area contributed by atoms with E-state index >= 15 is 0 Å². The Hall–Kier alpha value is -1.97. The zero-order valence-corrected chi connectivity index (χ0v) is 26.9. The van der Waals surface area contributed by atoms with Crippen molar-refractivity contribution in [1.29, 1.82) is 0 Å². The van der Waals surface area contributed by atoms with Crippen LogP contribution in [0.3, 0.4) is 0 Å². The molecule has 1 aromatic rings. The molecule has 1 aromatic carbocycles. The Kier molecular flexibility index (Phi) is 13.4.